The van der Waals surface area contributed by atoms with Crippen LogP contribution in [0.2, 0.25) is 0 Å². The van der Waals surface area contributed by atoms with Crippen LogP contribution in [0.1, 0.15) is 36.0 Å². The zero-order valence-electron chi connectivity index (χ0n) is 23.2. The van der Waals surface area contributed by atoms with Crippen LogP contribution in [0.4, 0.5) is 5.69 Å². The predicted octanol–water partition coefficient (Wildman–Crippen LogP) is 6.05. The number of likely N-dealkylation sites (tertiary alicyclic amines) is 1. The number of hydrogen-bond acceptors (Lipinski definition) is 7. The molecule has 1 amide bonds. The number of halogens is 2. The second kappa shape index (κ2) is 14.7. The lowest BCUT2D eigenvalue weighted by Gasteiger charge is -2.18. The zero-order valence-corrected chi connectivity index (χ0v) is 25.6. The number of anilines is 1. The second-order valence-electron chi connectivity index (χ2n) is 10.2. The van der Waals surface area contributed by atoms with Gasteiger partial charge in [-0.2, -0.15) is 0 Å². The summed E-state index contributed by atoms with van der Waals surface area (Å²) in [5.41, 5.74) is 10.5. The number of methoxy groups -OCH3 is 1. The third-order valence-corrected chi connectivity index (χ3v) is 8.50. The molecule has 1 atom stereocenters. The Bertz CT molecular complexity index is 1540. The summed E-state index contributed by atoms with van der Waals surface area (Å²) in [6.45, 7) is 3.14. The van der Waals surface area contributed by atoms with E-state index in [9.17, 15) is 14.7 Å². The number of aliphatic carboxylic acids is 1. The van der Waals surface area contributed by atoms with Gasteiger partial charge in [-0.3, -0.25) is 14.5 Å². The monoisotopic (exact) mass is 631 g/mol. The van der Waals surface area contributed by atoms with Crippen LogP contribution < -0.4 is 15.8 Å². The average Bonchev–Trinajstić information content (AvgIpc) is 3.57. The molecule has 1 saturated heterocycles. The van der Waals surface area contributed by atoms with Crippen molar-refractivity contribution in [1.82, 2.24) is 4.90 Å². The van der Waals surface area contributed by atoms with E-state index >= 15 is 0 Å². The molecule has 5 rings (SSSR count). The van der Waals surface area contributed by atoms with Gasteiger partial charge in [-0.15, -0.1) is 36.2 Å². The summed E-state index contributed by atoms with van der Waals surface area (Å²) < 4.78 is 6.77. The molecule has 8 nitrogen and oxygen atoms in total. The maximum atomic E-state index is 12.2. The van der Waals surface area contributed by atoms with Crippen molar-refractivity contribution < 1.29 is 24.5 Å². The molecule has 1 aliphatic heterocycles. The fourth-order valence-electron chi connectivity index (χ4n) is 5.17. The first-order valence-corrected chi connectivity index (χ1v) is 14.1. The molecule has 4 aromatic rings. The predicted molar refractivity (Wildman–Crippen MR) is 173 cm³/mol. The fraction of sp³-hybridized carbons (Fsp3) is 0.290. The summed E-state index contributed by atoms with van der Waals surface area (Å²) in [6, 6.07) is 18.1. The van der Waals surface area contributed by atoms with Gasteiger partial charge in [0.15, 0.2) is 0 Å². The van der Waals surface area contributed by atoms with Crippen LogP contribution in [0.5, 0.6) is 11.5 Å². The number of carbonyl (C=O) groups excluding carboxylic acids is 1. The molecule has 42 heavy (non-hydrogen) atoms. The number of amides is 1. The van der Waals surface area contributed by atoms with Crippen molar-refractivity contribution in [2.45, 2.75) is 38.3 Å². The summed E-state index contributed by atoms with van der Waals surface area (Å²) in [5.74, 6) is -0.557. The summed E-state index contributed by atoms with van der Waals surface area (Å²) >= 11 is 1.61. The summed E-state index contributed by atoms with van der Waals surface area (Å²) in [5, 5.41) is 22.9. The number of benzene rings is 3. The van der Waals surface area contributed by atoms with Crippen LogP contribution in [-0.2, 0) is 22.6 Å². The quantitative estimate of drug-likeness (QED) is 0.168. The van der Waals surface area contributed by atoms with Gasteiger partial charge in [0.1, 0.15) is 17.5 Å². The van der Waals surface area contributed by atoms with Crippen molar-refractivity contribution in [3.8, 4) is 21.9 Å². The Hall–Kier alpha value is -3.34. The number of fused-ring (bicyclic) bond motifs is 1. The first kappa shape index (κ1) is 33.2. The number of carbonyl (C=O) groups is 2. The number of hydrogen-bond donors (Lipinski definition) is 4. The molecule has 0 bridgehead atoms. The molecule has 0 radical (unpaired) electrons. The van der Waals surface area contributed by atoms with E-state index in [4.69, 9.17) is 15.6 Å². The highest BCUT2D eigenvalue weighted by molar-refractivity contribution is 7.22. The number of ether oxygens (including phenoxy) is 1. The molecule has 0 aliphatic carbocycles. The molecule has 1 aliphatic rings. The van der Waals surface area contributed by atoms with Gasteiger partial charge in [-0.1, -0.05) is 24.3 Å². The number of carboxylic acids is 1. The Kier molecular flexibility index (Phi) is 11.6. The van der Waals surface area contributed by atoms with Crippen LogP contribution in [0, 0.1) is 0 Å². The van der Waals surface area contributed by atoms with Gasteiger partial charge in [-0.05, 0) is 90.8 Å². The van der Waals surface area contributed by atoms with Crippen LogP contribution >= 0.6 is 36.2 Å². The Morgan fingerprint density at radius 1 is 1.05 bits per heavy atom. The smallest absolute Gasteiger partial charge is 0.321 e. The normalized spacial score (nSPS) is 13.7. The number of rotatable bonds is 10. The van der Waals surface area contributed by atoms with Gasteiger partial charge in [-0.25, -0.2) is 0 Å². The molecular formula is C31H35Cl2N3O5S. The Morgan fingerprint density at radius 3 is 2.43 bits per heavy atom. The van der Waals surface area contributed by atoms with E-state index in [1.807, 2.05) is 18.2 Å². The number of nitrogens with zero attached hydrogens (tertiary/aromatic N) is 1. The highest BCUT2D eigenvalue weighted by Crippen LogP contribution is 2.41. The van der Waals surface area contributed by atoms with E-state index in [-0.39, 0.29) is 37.0 Å². The first-order valence-electron chi connectivity index (χ1n) is 13.3. The van der Waals surface area contributed by atoms with Crippen molar-refractivity contribution in [1.29, 1.82) is 0 Å². The third-order valence-electron chi connectivity index (χ3n) is 7.25. The van der Waals surface area contributed by atoms with E-state index in [0.717, 1.165) is 57.0 Å². The highest BCUT2D eigenvalue weighted by Gasteiger charge is 2.19. The molecule has 1 fully saturated rings. The largest absolute Gasteiger partial charge is 0.508 e. The Balaban J connectivity index is 0.00000242. The van der Waals surface area contributed by atoms with Gasteiger partial charge < -0.3 is 26.0 Å². The molecular weight excluding hydrogens is 597 g/mol. The lowest BCUT2D eigenvalue weighted by Crippen LogP contribution is -2.34. The molecule has 1 aromatic heterocycles. The van der Waals surface area contributed by atoms with Crippen molar-refractivity contribution in [3.05, 3.63) is 77.4 Å². The second-order valence-corrected chi connectivity index (χ2v) is 11.2. The van der Waals surface area contributed by atoms with Crippen molar-refractivity contribution in [2.75, 3.05) is 25.5 Å². The lowest BCUT2D eigenvalue weighted by atomic mass is 9.97. The van der Waals surface area contributed by atoms with E-state index in [0.29, 0.717) is 12.1 Å². The van der Waals surface area contributed by atoms with Gasteiger partial charge in [0, 0.05) is 27.4 Å². The molecule has 2 heterocycles. The number of phenols is 1. The molecule has 0 saturated carbocycles. The molecule has 0 unspecified atom stereocenters. The number of thiophene rings is 1. The van der Waals surface area contributed by atoms with Crippen LogP contribution in [-0.4, -0.2) is 53.2 Å². The van der Waals surface area contributed by atoms with E-state index < -0.39 is 17.9 Å². The van der Waals surface area contributed by atoms with Crippen molar-refractivity contribution in [2.24, 2.45) is 5.73 Å². The number of aromatic hydroxyl groups is 1. The third kappa shape index (κ3) is 7.73. The first-order chi connectivity index (χ1) is 19.3. The minimum atomic E-state index is -1.25. The highest BCUT2D eigenvalue weighted by atomic mass is 35.5. The Morgan fingerprint density at radius 2 is 1.76 bits per heavy atom. The summed E-state index contributed by atoms with van der Waals surface area (Å²) in [7, 11) is 1.72. The van der Waals surface area contributed by atoms with Crippen LogP contribution in [0.15, 0.2) is 60.7 Å². The summed E-state index contributed by atoms with van der Waals surface area (Å²) in [4.78, 5) is 26.6. The van der Waals surface area contributed by atoms with Crippen LogP contribution in [0.25, 0.3) is 20.5 Å². The number of nitrogens with two attached hydrogens (primary N) is 1. The van der Waals surface area contributed by atoms with Crippen LogP contribution in [0.3, 0.4) is 0 Å². The Labute approximate surface area is 261 Å². The van der Waals surface area contributed by atoms with Crippen molar-refractivity contribution >= 4 is 63.8 Å². The van der Waals surface area contributed by atoms with E-state index in [1.54, 1.807) is 42.7 Å². The summed E-state index contributed by atoms with van der Waals surface area (Å²) in [6.07, 6.45) is 2.87. The molecule has 3 aromatic carbocycles. The molecule has 0 spiro atoms. The molecule has 5 N–H and O–H groups in total. The molecule has 11 heteroatoms. The number of phenolic OH excluding ortho intramolecular Hbond substituents is 1. The zero-order chi connectivity index (χ0) is 28.2. The van der Waals surface area contributed by atoms with Gasteiger partial charge in [0.05, 0.1) is 13.5 Å². The van der Waals surface area contributed by atoms with E-state index in [2.05, 4.69) is 28.4 Å². The minimum absolute atomic E-state index is 0. The fourth-order valence-corrected chi connectivity index (χ4v) is 6.43. The standard InChI is InChI=1S/C31H33N3O5S.2ClH/c1-39-27-15-19(4-5-21(27)18-34-12-2-3-13-34)14-25-24-11-10-23(35)16-28(24)40-30(25)20-6-8-22(9-7-20)33-29(36)17-26(32)31(37)38;;/h4-11,15-16,26,35H,2-3,12-14,17-18,32H2,1H3,(H,33,36)(H,37,38);2*1H/t26-;;/m0../s1. The van der Waals surface area contributed by atoms with E-state index in [1.165, 1.54) is 18.4 Å². The molecule has 224 valence electrons. The SMILES string of the molecule is COc1cc(Cc2c(-c3ccc(NC(=O)C[C@H](N)C(=O)O)cc3)sc3cc(O)ccc23)ccc1CN1CCCC1.Cl.Cl. The lowest BCUT2D eigenvalue weighted by molar-refractivity contribution is -0.140. The average molecular weight is 633 g/mol. The van der Waals surface area contributed by atoms with Gasteiger partial charge >= 0.3 is 5.97 Å². The van der Waals surface area contributed by atoms with Gasteiger partial charge in [0.2, 0.25) is 5.91 Å². The van der Waals surface area contributed by atoms with Crippen molar-refractivity contribution in [3.63, 3.8) is 0 Å². The number of nitrogens with one attached hydrogen (secondary N) is 1. The maximum absolute atomic E-state index is 12.2. The topological polar surface area (TPSA) is 125 Å². The minimum Gasteiger partial charge on any atom is -0.508 e. The number of carboxylic acid groups (broad SMARTS) is 1. The maximum Gasteiger partial charge on any atom is 0.321 e. The van der Waals surface area contributed by atoms with Gasteiger partial charge in [0.25, 0.3) is 0 Å².